The van der Waals surface area contributed by atoms with Gasteiger partial charge in [-0.1, -0.05) is 13.0 Å². The molecule has 0 aliphatic carbocycles. The lowest BCUT2D eigenvalue weighted by Gasteiger charge is -2.12. The summed E-state index contributed by atoms with van der Waals surface area (Å²) < 4.78 is 6.70. The molecule has 1 heterocycles. The number of carbonyl (C=O) groups is 1. The van der Waals surface area contributed by atoms with E-state index in [0.29, 0.717) is 19.4 Å². The molecule has 0 bridgehead atoms. The number of nitrogens with zero attached hydrogens (tertiary/aromatic N) is 1. The number of hydrogen-bond donors (Lipinski definition) is 1. The summed E-state index contributed by atoms with van der Waals surface area (Å²) in [6.45, 7) is 6.55. The Hall–Kier alpha value is -1.40. The van der Waals surface area contributed by atoms with E-state index in [2.05, 4.69) is 45.3 Å². The second-order valence-corrected chi connectivity index (χ2v) is 7.57. The van der Waals surface area contributed by atoms with Gasteiger partial charge >= 0.3 is 0 Å². The van der Waals surface area contributed by atoms with Gasteiger partial charge < -0.3 is 10.1 Å². The van der Waals surface area contributed by atoms with Gasteiger partial charge in [-0.25, -0.2) is 4.98 Å². The monoisotopic (exact) mass is 410 g/mol. The van der Waals surface area contributed by atoms with Crippen LogP contribution >= 0.6 is 27.3 Å². The molecular formula is C18H23BrN2O2S. The summed E-state index contributed by atoms with van der Waals surface area (Å²) in [5.41, 5.74) is 2.18. The lowest BCUT2D eigenvalue weighted by atomic mass is 10.2. The molecule has 0 radical (unpaired) electrons. The molecule has 0 aliphatic rings. The van der Waals surface area contributed by atoms with Crippen LogP contribution in [0.4, 0.5) is 0 Å². The van der Waals surface area contributed by atoms with Gasteiger partial charge in [0.2, 0.25) is 5.91 Å². The molecule has 2 rings (SSSR count). The summed E-state index contributed by atoms with van der Waals surface area (Å²) in [4.78, 5) is 16.4. The molecule has 130 valence electrons. The summed E-state index contributed by atoms with van der Waals surface area (Å²) in [5.74, 6) is 0.844. The Labute approximate surface area is 155 Å². The van der Waals surface area contributed by atoms with Crippen molar-refractivity contribution in [1.29, 1.82) is 0 Å². The van der Waals surface area contributed by atoms with Crippen molar-refractivity contribution in [2.45, 2.75) is 46.1 Å². The van der Waals surface area contributed by atoms with Crippen LogP contribution in [0.3, 0.4) is 0 Å². The number of hydrogen-bond acceptors (Lipinski definition) is 4. The van der Waals surface area contributed by atoms with Gasteiger partial charge in [-0.2, -0.15) is 0 Å². The number of amides is 1. The number of halogens is 1. The van der Waals surface area contributed by atoms with E-state index in [1.165, 1.54) is 5.56 Å². The van der Waals surface area contributed by atoms with Crippen LogP contribution in [0.2, 0.25) is 0 Å². The van der Waals surface area contributed by atoms with E-state index in [-0.39, 0.29) is 11.9 Å². The van der Waals surface area contributed by atoms with Gasteiger partial charge in [-0.15, -0.1) is 11.3 Å². The highest BCUT2D eigenvalue weighted by Crippen LogP contribution is 2.26. The molecule has 1 amide bonds. The van der Waals surface area contributed by atoms with E-state index in [4.69, 9.17) is 4.74 Å². The zero-order chi connectivity index (χ0) is 17.5. The van der Waals surface area contributed by atoms with E-state index in [9.17, 15) is 4.79 Å². The average Bonchev–Trinajstić information content (AvgIpc) is 2.99. The number of rotatable bonds is 8. The van der Waals surface area contributed by atoms with Crippen LogP contribution in [0.5, 0.6) is 5.75 Å². The fourth-order valence-corrected chi connectivity index (χ4v) is 3.51. The molecule has 4 nitrogen and oxygen atoms in total. The summed E-state index contributed by atoms with van der Waals surface area (Å²) in [6.07, 6.45) is 2.12. The van der Waals surface area contributed by atoms with Gasteiger partial charge in [0.05, 0.1) is 27.8 Å². The SMILES string of the molecule is CCc1ccc(OCCCC(=O)NC(C)c2csc(C)n2)c(Br)c1. The Morgan fingerprint density at radius 2 is 2.25 bits per heavy atom. The lowest BCUT2D eigenvalue weighted by Crippen LogP contribution is -2.27. The third kappa shape index (κ3) is 5.60. The van der Waals surface area contributed by atoms with Gasteiger partial charge in [0, 0.05) is 11.8 Å². The standard InChI is InChI=1S/C18H23BrN2O2S/c1-4-14-7-8-17(15(19)10-14)23-9-5-6-18(22)20-12(2)16-11-24-13(3)21-16/h7-8,10-12H,4-6,9H2,1-3H3,(H,20,22). The van der Waals surface area contributed by atoms with Crippen molar-refractivity contribution < 1.29 is 9.53 Å². The summed E-state index contributed by atoms with van der Waals surface area (Å²) in [7, 11) is 0. The second-order valence-electron chi connectivity index (χ2n) is 5.65. The molecule has 1 unspecified atom stereocenters. The van der Waals surface area contributed by atoms with Crippen LogP contribution in [0.25, 0.3) is 0 Å². The molecule has 0 saturated carbocycles. The normalized spacial score (nSPS) is 12.0. The predicted molar refractivity (Wildman–Crippen MR) is 102 cm³/mol. The van der Waals surface area contributed by atoms with E-state index in [1.54, 1.807) is 11.3 Å². The summed E-state index contributed by atoms with van der Waals surface area (Å²) in [5, 5.41) is 5.98. The van der Waals surface area contributed by atoms with Gasteiger partial charge in [-0.05, 0) is 60.3 Å². The maximum absolute atomic E-state index is 12.0. The molecule has 0 aliphatic heterocycles. The van der Waals surface area contributed by atoms with Crippen LogP contribution in [0.1, 0.15) is 49.0 Å². The summed E-state index contributed by atoms with van der Waals surface area (Å²) >= 11 is 5.12. The topological polar surface area (TPSA) is 51.2 Å². The van der Waals surface area contributed by atoms with Crippen molar-refractivity contribution in [3.63, 3.8) is 0 Å². The molecule has 0 spiro atoms. The Kier molecular flexibility index (Phi) is 7.24. The van der Waals surface area contributed by atoms with Crippen LogP contribution in [-0.2, 0) is 11.2 Å². The maximum atomic E-state index is 12.0. The van der Waals surface area contributed by atoms with Crippen molar-refractivity contribution in [1.82, 2.24) is 10.3 Å². The first-order valence-electron chi connectivity index (χ1n) is 8.12. The van der Waals surface area contributed by atoms with E-state index >= 15 is 0 Å². The molecule has 1 N–H and O–H groups in total. The highest BCUT2D eigenvalue weighted by Gasteiger charge is 2.12. The molecule has 1 aromatic heterocycles. The van der Waals surface area contributed by atoms with Crippen LogP contribution in [0.15, 0.2) is 28.1 Å². The first-order valence-corrected chi connectivity index (χ1v) is 9.79. The molecule has 2 aromatic rings. The Bertz CT molecular complexity index is 687. The number of benzene rings is 1. The number of aromatic nitrogens is 1. The second kappa shape index (κ2) is 9.18. The van der Waals surface area contributed by atoms with E-state index < -0.39 is 0 Å². The molecule has 0 fully saturated rings. The minimum atomic E-state index is -0.0564. The predicted octanol–water partition coefficient (Wildman–Crippen LogP) is 4.81. The highest BCUT2D eigenvalue weighted by molar-refractivity contribution is 9.10. The minimum Gasteiger partial charge on any atom is -0.492 e. The molecule has 0 saturated heterocycles. The molecular weight excluding hydrogens is 388 g/mol. The Morgan fingerprint density at radius 3 is 2.88 bits per heavy atom. The number of aryl methyl sites for hydroxylation is 2. The van der Waals surface area contributed by atoms with Crippen LogP contribution < -0.4 is 10.1 Å². The largest absolute Gasteiger partial charge is 0.492 e. The fourth-order valence-electron chi connectivity index (χ4n) is 2.26. The van der Waals surface area contributed by atoms with E-state index in [1.807, 2.05) is 25.3 Å². The van der Waals surface area contributed by atoms with Crippen LogP contribution in [-0.4, -0.2) is 17.5 Å². The average molecular weight is 411 g/mol. The minimum absolute atomic E-state index is 0.0251. The van der Waals surface area contributed by atoms with Crippen molar-refractivity contribution in [2.24, 2.45) is 0 Å². The zero-order valence-corrected chi connectivity index (χ0v) is 16.7. The third-order valence-electron chi connectivity index (χ3n) is 3.67. The first-order chi connectivity index (χ1) is 11.5. The molecule has 1 atom stereocenters. The third-order valence-corrected chi connectivity index (χ3v) is 5.08. The first kappa shape index (κ1) is 18.9. The van der Waals surface area contributed by atoms with E-state index in [0.717, 1.165) is 27.3 Å². The smallest absolute Gasteiger partial charge is 0.220 e. The molecule has 6 heteroatoms. The van der Waals surface area contributed by atoms with Gasteiger partial charge in [0.1, 0.15) is 5.75 Å². The van der Waals surface area contributed by atoms with Crippen LogP contribution in [0, 0.1) is 6.92 Å². The van der Waals surface area contributed by atoms with Gasteiger partial charge in [-0.3, -0.25) is 4.79 Å². The fraction of sp³-hybridized carbons (Fsp3) is 0.444. The number of carbonyl (C=O) groups excluding carboxylic acids is 1. The highest BCUT2D eigenvalue weighted by atomic mass is 79.9. The number of ether oxygens (including phenoxy) is 1. The zero-order valence-electron chi connectivity index (χ0n) is 14.3. The lowest BCUT2D eigenvalue weighted by molar-refractivity contribution is -0.122. The van der Waals surface area contributed by atoms with Gasteiger partial charge in [0.15, 0.2) is 0 Å². The molecule has 24 heavy (non-hydrogen) atoms. The van der Waals surface area contributed by atoms with Crippen molar-refractivity contribution >= 4 is 33.2 Å². The van der Waals surface area contributed by atoms with Crippen molar-refractivity contribution in [3.05, 3.63) is 44.3 Å². The maximum Gasteiger partial charge on any atom is 0.220 e. The summed E-state index contributed by atoms with van der Waals surface area (Å²) in [6, 6.07) is 6.04. The Balaban J connectivity index is 1.71. The van der Waals surface area contributed by atoms with Gasteiger partial charge in [0.25, 0.3) is 0 Å². The number of thiazole rings is 1. The van der Waals surface area contributed by atoms with Crippen molar-refractivity contribution in [2.75, 3.05) is 6.61 Å². The number of nitrogens with one attached hydrogen (secondary N) is 1. The Morgan fingerprint density at radius 1 is 1.46 bits per heavy atom. The quantitative estimate of drug-likeness (QED) is 0.634. The molecule has 1 aromatic carbocycles. The van der Waals surface area contributed by atoms with Crippen molar-refractivity contribution in [3.8, 4) is 5.75 Å².